The smallest absolute Gasteiger partial charge is 0.128 e. The summed E-state index contributed by atoms with van der Waals surface area (Å²) in [5.41, 5.74) is 0.633. The van der Waals surface area contributed by atoms with Gasteiger partial charge in [-0.25, -0.2) is 0 Å². The maximum Gasteiger partial charge on any atom is 0.128 e. The number of hydrogen-bond donors (Lipinski definition) is 1. The normalized spacial score (nSPS) is 12.2. The lowest BCUT2D eigenvalue weighted by Crippen LogP contribution is -2.10. The van der Waals surface area contributed by atoms with Crippen LogP contribution >= 0.6 is 0 Å². The zero-order chi connectivity index (χ0) is 12.7. The summed E-state index contributed by atoms with van der Waals surface area (Å²) < 4.78 is 15.8. The summed E-state index contributed by atoms with van der Waals surface area (Å²) in [4.78, 5) is 0. The Bertz CT molecular complexity index is 316. The second-order valence-electron chi connectivity index (χ2n) is 3.67. The number of methoxy groups -OCH3 is 2. The van der Waals surface area contributed by atoms with Crippen molar-refractivity contribution in [2.45, 2.75) is 19.4 Å². The van der Waals surface area contributed by atoms with Crippen molar-refractivity contribution in [1.82, 2.24) is 0 Å². The van der Waals surface area contributed by atoms with E-state index in [4.69, 9.17) is 14.2 Å². The van der Waals surface area contributed by atoms with Gasteiger partial charge in [0.15, 0.2) is 0 Å². The van der Waals surface area contributed by atoms with E-state index in [1.807, 2.05) is 13.0 Å². The largest absolute Gasteiger partial charge is 0.496 e. The van der Waals surface area contributed by atoms with Crippen molar-refractivity contribution in [1.29, 1.82) is 0 Å². The van der Waals surface area contributed by atoms with Gasteiger partial charge in [0.05, 0.1) is 26.4 Å². The van der Waals surface area contributed by atoms with Crippen molar-refractivity contribution in [2.75, 3.05) is 27.4 Å². The van der Waals surface area contributed by atoms with Crippen molar-refractivity contribution in [3.05, 3.63) is 23.8 Å². The van der Waals surface area contributed by atoms with Gasteiger partial charge in [0, 0.05) is 6.61 Å². The Hall–Kier alpha value is -1.26. The third kappa shape index (κ3) is 3.61. The lowest BCUT2D eigenvalue weighted by atomic mass is 10.1. The molecule has 0 bridgehead atoms. The number of benzene rings is 1. The lowest BCUT2D eigenvalue weighted by Gasteiger charge is -2.17. The molecule has 1 N–H and O–H groups in total. The number of aliphatic hydroxyl groups is 1. The predicted molar refractivity (Wildman–Crippen MR) is 65.6 cm³/mol. The fourth-order valence-corrected chi connectivity index (χ4v) is 1.63. The molecule has 1 aromatic rings. The Balaban J connectivity index is 2.85. The standard InChI is InChI=1S/C13H20O4/c1-4-8-17-9-10(14)13-11(15-2)6-5-7-12(13)16-3/h5-7,10,14H,4,8-9H2,1-3H3. The molecule has 0 heterocycles. The fourth-order valence-electron chi connectivity index (χ4n) is 1.63. The minimum Gasteiger partial charge on any atom is -0.496 e. The number of aliphatic hydroxyl groups excluding tert-OH is 1. The molecular formula is C13H20O4. The summed E-state index contributed by atoms with van der Waals surface area (Å²) in [6.07, 6.45) is 0.183. The Morgan fingerprint density at radius 3 is 2.24 bits per heavy atom. The minimum absolute atomic E-state index is 0.241. The van der Waals surface area contributed by atoms with Crippen LogP contribution < -0.4 is 9.47 Å². The van der Waals surface area contributed by atoms with Crippen LogP contribution in [0.25, 0.3) is 0 Å². The van der Waals surface area contributed by atoms with E-state index in [0.29, 0.717) is 23.7 Å². The van der Waals surface area contributed by atoms with Crippen LogP contribution in [0.5, 0.6) is 11.5 Å². The third-order valence-electron chi connectivity index (χ3n) is 2.42. The quantitative estimate of drug-likeness (QED) is 0.742. The van der Waals surface area contributed by atoms with Crippen LogP contribution in [-0.4, -0.2) is 32.5 Å². The summed E-state index contributed by atoms with van der Waals surface area (Å²) in [6.45, 7) is 2.90. The van der Waals surface area contributed by atoms with Crippen molar-refractivity contribution in [3.8, 4) is 11.5 Å². The number of rotatable bonds is 7. The average molecular weight is 240 g/mol. The second kappa shape index (κ2) is 7.14. The minimum atomic E-state index is -0.743. The Morgan fingerprint density at radius 1 is 1.18 bits per heavy atom. The summed E-state index contributed by atoms with van der Waals surface area (Å²) in [6, 6.07) is 5.41. The second-order valence-corrected chi connectivity index (χ2v) is 3.67. The molecule has 4 heteroatoms. The highest BCUT2D eigenvalue weighted by Crippen LogP contribution is 2.33. The van der Waals surface area contributed by atoms with Crippen molar-refractivity contribution in [2.24, 2.45) is 0 Å². The molecule has 17 heavy (non-hydrogen) atoms. The van der Waals surface area contributed by atoms with Crippen LogP contribution in [0.2, 0.25) is 0 Å². The molecule has 4 nitrogen and oxygen atoms in total. The van der Waals surface area contributed by atoms with Gasteiger partial charge in [-0.1, -0.05) is 13.0 Å². The molecule has 0 aliphatic rings. The number of hydrogen-bond acceptors (Lipinski definition) is 4. The molecular weight excluding hydrogens is 220 g/mol. The summed E-state index contributed by atoms with van der Waals surface area (Å²) in [7, 11) is 3.13. The molecule has 1 aromatic carbocycles. The first kappa shape index (κ1) is 13.8. The monoisotopic (exact) mass is 240 g/mol. The summed E-state index contributed by atoms with van der Waals surface area (Å²) in [5, 5.41) is 10.1. The van der Waals surface area contributed by atoms with Crippen molar-refractivity contribution in [3.63, 3.8) is 0 Å². The Morgan fingerprint density at radius 2 is 1.76 bits per heavy atom. The van der Waals surface area contributed by atoms with E-state index in [9.17, 15) is 5.11 Å². The van der Waals surface area contributed by atoms with Gasteiger partial charge in [-0.3, -0.25) is 0 Å². The number of ether oxygens (including phenoxy) is 3. The molecule has 96 valence electrons. The van der Waals surface area contributed by atoms with Gasteiger partial charge in [0.25, 0.3) is 0 Å². The first-order valence-corrected chi connectivity index (χ1v) is 5.71. The van der Waals surface area contributed by atoms with Gasteiger partial charge in [0.2, 0.25) is 0 Å². The van der Waals surface area contributed by atoms with E-state index in [0.717, 1.165) is 6.42 Å². The van der Waals surface area contributed by atoms with E-state index in [2.05, 4.69) is 0 Å². The van der Waals surface area contributed by atoms with Gasteiger partial charge < -0.3 is 19.3 Å². The molecule has 1 unspecified atom stereocenters. The molecule has 0 amide bonds. The van der Waals surface area contributed by atoms with Crippen LogP contribution in [0.4, 0.5) is 0 Å². The van der Waals surface area contributed by atoms with Crippen LogP contribution in [0, 0.1) is 0 Å². The van der Waals surface area contributed by atoms with Gasteiger partial charge in [0.1, 0.15) is 17.6 Å². The zero-order valence-corrected chi connectivity index (χ0v) is 10.6. The Labute approximate surface area is 102 Å². The third-order valence-corrected chi connectivity index (χ3v) is 2.42. The van der Waals surface area contributed by atoms with Crippen molar-refractivity contribution < 1.29 is 19.3 Å². The highest BCUT2D eigenvalue weighted by atomic mass is 16.5. The van der Waals surface area contributed by atoms with Gasteiger partial charge >= 0.3 is 0 Å². The SMILES string of the molecule is CCCOCC(O)c1c(OC)cccc1OC. The molecule has 0 aromatic heterocycles. The molecule has 1 atom stereocenters. The van der Waals surface area contributed by atoms with Gasteiger partial charge in [-0.2, -0.15) is 0 Å². The van der Waals surface area contributed by atoms with E-state index >= 15 is 0 Å². The van der Waals surface area contributed by atoms with Gasteiger partial charge in [-0.15, -0.1) is 0 Å². The van der Waals surface area contributed by atoms with Crippen LogP contribution in [0.3, 0.4) is 0 Å². The molecule has 0 radical (unpaired) electrons. The Kier molecular flexibility index (Phi) is 5.80. The maximum atomic E-state index is 10.1. The first-order valence-electron chi connectivity index (χ1n) is 5.71. The van der Waals surface area contributed by atoms with Gasteiger partial charge in [-0.05, 0) is 18.6 Å². The predicted octanol–water partition coefficient (Wildman–Crippen LogP) is 2.16. The fraction of sp³-hybridized carbons (Fsp3) is 0.538. The molecule has 1 rings (SSSR count). The van der Waals surface area contributed by atoms with E-state index < -0.39 is 6.10 Å². The highest BCUT2D eigenvalue weighted by Gasteiger charge is 2.18. The molecule has 0 spiro atoms. The maximum absolute atomic E-state index is 10.1. The summed E-state index contributed by atoms with van der Waals surface area (Å²) in [5.74, 6) is 1.22. The van der Waals surface area contributed by atoms with Crippen LogP contribution in [-0.2, 0) is 4.74 Å². The molecule has 0 fully saturated rings. The molecule has 0 aliphatic carbocycles. The van der Waals surface area contributed by atoms with Crippen LogP contribution in [0.1, 0.15) is 25.0 Å². The van der Waals surface area contributed by atoms with Crippen molar-refractivity contribution >= 4 is 0 Å². The molecule has 0 aliphatic heterocycles. The van der Waals surface area contributed by atoms with E-state index in [1.54, 1.807) is 26.4 Å². The highest BCUT2D eigenvalue weighted by molar-refractivity contribution is 5.46. The summed E-state index contributed by atoms with van der Waals surface area (Å²) >= 11 is 0. The molecule has 0 saturated carbocycles. The zero-order valence-electron chi connectivity index (χ0n) is 10.6. The molecule has 0 saturated heterocycles. The average Bonchev–Trinajstić information content (AvgIpc) is 2.37. The lowest BCUT2D eigenvalue weighted by molar-refractivity contribution is 0.0339. The van der Waals surface area contributed by atoms with Crippen LogP contribution in [0.15, 0.2) is 18.2 Å². The topological polar surface area (TPSA) is 47.9 Å². The van der Waals surface area contributed by atoms with E-state index in [1.165, 1.54) is 0 Å². The van der Waals surface area contributed by atoms with E-state index in [-0.39, 0.29) is 6.61 Å². The first-order chi connectivity index (χ1) is 8.24.